The summed E-state index contributed by atoms with van der Waals surface area (Å²) < 4.78 is 0. The Morgan fingerprint density at radius 3 is 1.44 bits per heavy atom. The molecule has 0 N–H and O–H groups in total. The third-order valence-corrected chi connectivity index (χ3v) is 11.4. The van der Waals surface area contributed by atoms with Gasteiger partial charge in [0.2, 0.25) is 0 Å². The van der Waals surface area contributed by atoms with Crippen LogP contribution in [0.1, 0.15) is 24.0 Å². The van der Waals surface area contributed by atoms with E-state index in [0.717, 1.165) is 38.8 Å². The standard InChI is InChI=1S/C44H34BN3/c1-3-15-31(16-4-1)48(32-17-5-2-6-18-32)33-27-40-42-41(28-33)47-24-12-22-37-35-20-10-8-14-30(35)26-39(44(37)47)45(42)38-25-29-13-7-9-19-34(29)36-21-11-23-46(40)43(36)38/h1-10,13-20,25-28H,11-12,21-24H2. The molecule has 0 amide bonds. The number of aryl methyl sites for hydroxylation is 2. The summed E-state index contributed by atoms with van der Waals surface area (Å²) >= 11 is 0. The first-order valence-corrected chi connectivity index (χ1v) is 17.6. The van der Waals surface area contributed by atoms with Crippen LogP contribution in [0, 0.1) is 0 Å². The number of rotatable bonds is 3. The van der Waals surface area contributed by atoms with Crippen LogP contribution in [-0.4, -0.2) is 19.8 Å². The number of anilines is 7. The van der Waals surface area contributed by atoms with E-state index in [1.54, 1.807) is 0 Å². The van der Waals surface area contributed by atoms with Gasteiger partial charge < -0.3 is 14.7 Å². The molecule has 7 aromatic carbocycles. The van der Waals surface area contributed by atoms with Crippen molar-refractivity contribution in [3.05, 3.63) is 145 Å². The highest BCUT2D eigenvalue weighted by Crippen LogP contribution is 2.48. The van der Waals surface area contributed by atoms with Crippen molar-refractivity contribution in [3.63, 3.8) is 0 Å². The molecular formula is C44H34BN3. The van der Waals surface area contributed by atoms with Crippen molar-refractivity contribution in [2.24, 2.45) is 0 Å². The molecule has 4 heteroatoms. The number of hydrogen-bond donors (Lipinski definition) is 0. The third-order valence-electron chi connectivity index (χ3n) is 11.4. The zero-order valence-electron chi connectivity index (χ0n) is 26.9. The van der Waals surface area contributed by atoms with Crippen molar-refractivity contribution in [1.82, 2.24) is 0 Å². The lowest BCUT2D eigenvalue weighted by molar-refractivity contribution is 0.767. The highest BCUT2D eigenvalue weighted by molar-refractivity contribution is 7.00. The Bertz CT molecular complexity index is 2270. The van der Waals surface area contributed by atoms with Crippen LogP contribution < -0.4 is 31.1 Å². The predicted octanol–water partition coefficient (Wildman–Crippen LogP) is 8.77. The Hall–Kier alpha value is -5.48. The van der Waals surface area contributed by atoms with Crippen LogP contribution in [0.25, 0.3) is 21.5 Å². The third kappa shape index (κ3) is 3.60. The van der Waals surface area contributed by atoms with E-state index in [0.29, 0.717) is 0 Å². The number of hydrogen-bond acceptors (Lipinski definition) is 3. The second-order valence-electron chi connectivity index (χ2n) is 13.9. The lowest BCUT2D eigenvalue weighted by Crippen LogP contribution is -2.63. The van der Waals surface area contributed by atoms with E-state index in [2.05, 4.69) is 148 Å². The van der Waals surface area contributed by atoms with Gasteiger partial charge >= 0.3 is 0 Å². The Balaban J connectivity index is 1.27. The highest BCUT2D eigenvalue weighted by Gasteiger charge is 2.46. The van der Waals surface area contributed by atoms with Crippen LogP contribution in [0.5, 0.6) is 0 Å². The molecule has 0 saturated carbocycles. The van der Waals surface area contributed by atoms with E-state index in [-0.39, 0.29) is 6.71 Å². The van der Waals surface area contributed by atoms with Gasteiger partial charge in [0, 0.05) is 47.2 Å². The van der Waals surface area contributed by atoms with Crippen molar-refractivity contribution < 1.29 is 0 Å². The maximum absolute atomic E-state index is 2.70. The molecular weight excluding hydrogens is 581 g/mol. The minimum Gasteiger partial charge on any atom is -0.342 e. The molecule has 0 unspecified atom stereocenters. The molecule has 7 aromatic rings. The molecule has 0 atom stereocenters. The second-order valence-corrected chi connectivity index (χ2v) is 13.9. The van der Waals surface area contributed by atoms with E-state index in [1.165, 1.54) is 88.9 Å². The Morgan fingerprint density at radius 1 is 0.479 bits per heavy atom. The number of fused-ring (bicyclic) bond motifs is 8. The summed E-state index contributed by atoms with van der Waals surface area (Å²) in [7, 11) is 0. The van der Waals surface area contributed by atoms with Gasteiger partial charge in [-0.05, 0) is 111 Å². The van der Waals surface area contributed by atoms with Crippen molar-refractivity contribution >= 4 is 84.5 Å². The van der Waals surface area contributed by atoms with Crippen molar-refractivity contribution in [2.75, 3.05) is 27.8 Å². The second kappa shape index (κ2) is 10.0. The SMILES string of the molecule is c1ccc(N(c2ccccc2)c2cc3c4c(c2)N2CCCc5c2c(cc2ccccc52)B4c2cc4ccccc4c4c2N3CCC4)cc1. The van der Waals surface area contributed by atoms with Crippen molar-refractivity contribution in [3.8, 4) is 0 Å². The molecule has 4 heterocycles. The summed E-state index contributed by atoms with van der Waals surface area (Å²) in [6.07, 6.45) is 4.55. The highest BCUT2D eigenvalue weighted by atomic mass is 15.2. The average molecular weight is 616 g/mol. The average Bonchev–Trinajstić information content (AvgIpc) is 3.15. The normalized spacial score (nSPS) is 15.3. The van der Waals surface area contributed by atoms with Gasteiger partial charge in [-0.1, -0.05) is 97.1 Å². The fraction of sp³-hybridized carbons (Fsp3) is 0.136. The first-order chi connectivity index (χ1) is 23.8. The van der Waals surface area contributed by atoms with Gasteiger partial charge in [0.25, 0.3) is 6.71 Å². The van der Waals surface area contributed by atoms with E-state index < -0.39 is 0 Å². The Labute approximate surface area is 281 Å². The molecule has 11 rings (SSSR count). The van der Waals surface area contributed by atoms with E-state index in [1.807, 2.05) is 0 Å². The molecule has 0 aromatic heterocycles. The largest absolute Gasteiger partial charge is 0.342 e. The molecule has 3 nitrogen and oxygen atoms in total. The monoisotopic (exact) mass is 615 g/mol. The maximum atomic E-state index is 2.70. The van der Waals surface area contributed by atoms with Gasteiger partial charge in [-0.25, -0.2) is 0 Å². The van der Waals surface area contributed by atoms with Crippen LogP contribution in [-0.2, 0) is 12.8 Å². The van der Waals surface area contributed by atoms with Gasteiger partial charge in [-0.2, -0.15) is 0 Å². The van der Waals surface area contributed by atoms with Crippen molar-refractivity contribution in [2.45, 2.75) is 25.7 Å². The molecule has 0 saturated heterocycles. The summed E-state index contributed by atoms with van der Waals surface area (Å²) in [4.78, 5) is 7.85. The lowest BCUT2D eigenvalue weighted by atomic mass is 9.32. The summed E-state index contributed by atoms with van der Waals surface area (Å²) in [5.74, 6) is 0. The van der Waals surface area contributed by atoms with E-state index in [4.69, 9.17) is 0 Å². The zero-order chi connectivity index (χ0) is 31.3. The predicted molar refractivity (Wildman–Crippen MR) is 204 cm³/mol. The van der Waals surface area contributed by atoms with Gasteiger partial charge in [0.15, 0.2) is 0 Å². The lowest BCUT2D eigenvalue weighted by Gasteiger charge is -2.48. The number of benzene rings is 7. The summed E-state index contributed by atoms with van der Waals surface area (Å²) in [5, 5.41) is 5.56. The molecule has 228 valence electrons. The fourth-order valence-corrected chi connectivity index (χ4v) is 9.55. The molecule has 0 bridgehead atoms. The molecule has 0 fully saturated rings. The van der Waals surface area contributed by atoms with Crippen LogP contribution >= 0.6 is 0 Å². The first kappa shape index (κ1) is 26.6. The fourth-order valence-electron chi connectivity index (χ4n) is 9.55. The molecule has 0 radical (unpaired) electrons. The summed E-state index contributed by atoms with van der Waals surface area (Å²) in [6.45, 7) is 2.26. The number of nitrogens with zero attached hydrogens (tertiary/aromatic N) is 3. The zero-order valence-corrected chi connectivity index (χ0v) is 26.9. The maximum Gasteiger partial charge on any atom is 0.252 e. The quantitative estimate of drug-likeness (QED) is 0.184. The minimum absolute atomic E-state index is 0.186. The van der Waals surface area contributed by atoms with Gasteiger partial charge in [0.05, 0.1) is 5.69 Å². The van der Waals surface area contributed by atoms with E-state index in [9.17, 15) is 0 Å². The van der Waals surface area contributed by atoms with Crippen LogP contribution in [0.4, 0.5) is 39.8 Å². The first-order valence-electron chi connectivity index (χ1n) is 17.6. The smallest absolute Gasteiger partial charge is 0.252 e. The topological polar surface area (TPSA) is 9.72 Å². The Kier molecular flexibility index (Phi) is 5.54. The van der Waals surface area contributed by atoms with Gasteiger partial charge in [-0.15, -0.1) is 0 Å². The van der Waals surface area contributed by atoms with Gasteiger partial charge in [-0.3, -0.25) is 0 Å². The minimum atomic E-state index is 0.186. The van der Waals surface area contributed by atoms with Crippen LogP contribution in [0.2, 0.25) is 0 Å². The molecule has 48 heavy (non-hydrogen) atoms. The van der Waals surface area contributed by atoms with Crippen LogP contribution in [0.3, 0.4) is 0 Å². The molecule has 0 aliphatic carbocycles. The van der Waals surface area contributed by atoms with Crippen LogP contribution in [0.15, 0.2) is 133 Å². The summed E-state index contributed by atoms with van der Waals surface area (Å²) in [6, 6.07) is 50.1. The molecule has 0 spiro atoms. The summed E-state index contributed by atoms with van der Waals surface area (Å²) in [5.41, 5.74) is 16.7. The van der Waals surface area contributed by atoms with Gasteiger partial charge in [0.1, 0.15) is 0 Å². The Morgan fingerprint density at radius 2 is 0.938 bits per heavy atom. The van der Waals surface area contributed by atoms with Crippen molar-refractivity contribution in [1.29, 1.82) is 0 Å². The van der Waals surface area contributed by atoms with E-state index >= 15 is 0 Å². The molecule has 4 aliphatic rings. The number of para-hydroxylation sites is 2. The molecule has 4 aliphatic heterocycles.